The van der Waals surface area contributed by atoms with E-state index < -0.39 is 11.5 Å². The molecule has 0 bridgehead atoms. The van der Waals surface area contributed by atoms with Crippen LogP contribution in [0, 0.1) is 5.92 Å². The minimum absolute atomic E-state index is 0.0358. The Kier molecular flexibility index (Phi) is 12.7. The van der Waals surface area contributed by atoms with E-state index in [1.165, 1.54) is 0 Å². The zero-order chi connectivity index (χ0) is 25.1. The lowest BCUT2D eigenvalue weighted by molar-refractivity contribution is -0.134. The van der Waals surface area contributed by atoms with Gasteiger partial charge in [-0.25, -0.2) is 0 Å². The number of methoxy groups -OCH3 is 2. The summed E-state index contributed by atoms with van der Waals surface area (Å²) in [6.07, 6.45) is 5.08. The van der Waals surface area contributed by atoms with Crippen molar-refractivity contribution in [3.63, 3.8) is 0 Å². The average Bonchev–Trinajstić information content (AvgIpc) is 2.80. The van der Waals surface area contributed by atoms with Gasteiger partial charge in [-0.05, 0) is 73.4 Å². The van der Waals surface area contributed by atoms with Gasteiger partial charge in [0.2, 0.25) is 5.91 Å². The van der Waals surface area contributed by atoms with Gasteiger partial charge in [-0.1, -0.05) is 0 Å². The number of ketones is 1. The summed E-state index contributed by atoms with van der Waals surface area (Å²) >= 11 is 0. The third-order valence-electron chi connectivity index (χ3n) is 7.25. The van der Waals surface area contributed by atoms with Gasteiger partial charge in [-0.15, -0.1) is 0 Å². The molecule has 1 amide bonds. The van der Waals surface area contributed by atoms with Gasteiger partial charge in [0.25, 0.3) is 0 Å². The van der Waals surface area contributed by atoms with Crippen LogP contribution in [0.15, 0.2) is 0 Å². The topological polar surface area (TPSA) is 88.2 Å². The van der Waals surface area contributed by atoms with Crippen LogP contribution in [0.2, 0.25) is 0 Å². The Bertz CT molecular complexity index is 619. The summed E-state index contributed by atoms with van der Waals surface area (Å²) in [4.78, 5) is 39.5. The molecule has 1 rings (SSSR count). The van der Waals surface area contributed by atoms with Gasteiger partial charge in [0.05, 0.1) is 24.7 Å². The molecule has 1 saturated heterocycles. The van der Waals surface area contributed by atoms with Crippen LogP contribution in [0.25, 0.3) is 0 Å². The van der Waals surface area contributed by atoms with Crippen molar-refractivity contribution in [3.8, 4) is 0 Å². The monoisotopic (exact) mass is 469 g/mol. The van der Waals surface area contributed by atoms with E-state index in [0.717, 1.165) is 45.3 Å². The van der Waals surface area contributed by atoms with Gasteiger partial charge in [0, 0.05) is 45.3 Å². The van der Waals surface area contributed by atoms with E-state index in [-0.39, 0.29) is 17.2 Å². The zero-order valence-corrected chi connectivity index (χ0v) is 21.9. The molecule has 1 N–H and O–H groups in total. The highest BCUT2D eigenvalue weighted by Gasteiger charge is 2.36. The van der Waals surface area contributed by atoms with Crippen LogP contribution in [-0.4, -0.2) is 99.0 Å². The molecule has 0 radical (unpaired) electrons. The number of hydrogen-bond acceptors (Lipinski definition) is 7. The van der Waals surface area contributed by atoms with Crippen molar-refractivity contribution in [1.82, 2.24) is 15.1 Å². The standard InChI is InChI=1S/C25H47N3O5/c1-20(2)27(5)17-23(31)28-15-12-25(13-16-28,19-32-6)26-14-8-10-24(4,33-7)11-9-22(30)21(3)18-29/h18,20-21,26H,8-17,19H2,1-7H3/t21?,24-/m1/s1. The highest BCUT2D eigenvalue weighted by atomic mass is 16.5. The zero-order valence-electron chi connectivity index (χ0n) is 21.9. The summed E-state index contributed by atoms with van der Waals surface area (Å²) in [6.45, 7) is 11.2. The summed E-state index contributed by atoms with van der Waals surface area (Å²) in [5.41, 5.74) is -0.527. The molecule has 1 fully saturated rings. The van der Waals surface area contributed by atoms with E-state index in [4.69, 9.17) is 9.47 Å². The van der Waals surface area contributed by atoms with Gasteiger partial charge in [-0.3, -0.25) is 14.5 Å². The van der Waals surface area contributed by atoms with Crippen molar-refractivity contribution in [2.24, 2.45) is 5.92 Å². The number of likely N-dealkylation sites (N-methyl/N-ethyl adjacent to an activating group) is 1. The number of hydrogen-bond donors (Lipinski definition) is 1. The van der Waals surface area contributed by atoms with Crippen LogP contribution < -0.4 is 5.32 Å². The molecule has 1 unspecified atom stereocenters. The molecule has 192 valence electrons. The number of nitrogens with one attached hydrogen (secondary N) is 1. The maximum atomic E-state index is 12.6. The Morgan fingerprint density at radius 3 is 2.33 bits per heavy atom. The van der Waals surface area contributed by atoms with Gasteiger partial charge in [0.1, 0.15) is 12.1 Å². The van der Waals surface area contributed by atoms with Crippen LogP contribution in [0.5, 0.6) is 0 Å². The highest BCUT2D eigenvalue weighted by Crippen LogP contribution is 2.26. The van der Waals surface area contributed by atoms with E-state index in [1.807, 2.05) is 18.9 Å². The lowest BCUT2D eigenvalue weighted by Crippen LogP contribution is -2.58. The number of Topliss-reactive ketones (excluding diaryl/α,β-unsaturated/α-hetero) is 1. The highest BCUT2D eigenvalue weighted by molar-refractivity contribution is 5.92. The fourth-order valence-corrected chi connectivity index (χ4v) is 4.16. The van der Waals surface area contributed by atoms with Gasteiger partial charge >= 0.3 is 0 Å². The molecule has 0 aromatic heterocycles. The molecule has 0 aliphatic carbocycles. The van der Waals surface area contributed by atoms with E-state index in [1.54, 1.807) is 21.1 Å². The van der Waals surface area contributed by atoms with Crippen molar-refractivity contribution >= 4 is 18.0 Å². The van der Waals surface area contributed by atoms with Gasteiger partial charge in [0.15, 0.2) is 0 Å². The molecule has 0 spiro atoms. The minimum atomic E-state index is -0.551. The Balaban J connectivity index is 2.52. The fraction of sp³-hybridized carbons (Fsp3) is 0.880. The maximum Gasteiger partial charge on any atom is 0.236 e. The first-order valence-electron chi connectivity index (χ1n) is 12.3. The molecular formula is C25H47N3O5. The normalized spacial score (nSPS) is 18.9. The first kappa shape index (κ1) is 29.7. The number of carbonyl (C=O) groups is 3. The van der Waals surface area contributed by atoms with Crippen LogP contribution in [0.3, 0.4) is 0 Å². The summed E-state index contributed by atoms with van der Waals surface area (Å²) in [5.74, 6) is -0.400. The summed E-state index contributed by atoms with van der Waals surface area (Å²) in [6, 6.07) is 0.345. The second-order valence-electron chi connectivity index (χ2n) is 10.2. The first-order valence-corrected chi connectivity index (χ1v) is 12.3. The summed E-state index contributed by atoms with van der Waals surface area (Å²) < 4.78 is 11.2. The van der Waals surface area contributed by atoms with Crippen molar-refractivity contribution in [2.45, 2.75) is 83.4 Å². The van der Waals surface area contributed by atoms with Crippen LogP contribution >= 0.6 is 0 Å². The number of likely N-dealkylation sites (tertiary alicyclic amines) is 1. The molecule has 1 heterocycles. The third-order valence-corrected chi connectivity index (χ3v) is 7.25. The smallest absolute Gasteiger partial charge is 0.236 e. The molecule has 8 heteroatoms. The fourth-order valence-electron chi connectivity index (χ4n) is 4.16. The number of piperidine rings is 1. The van der Waals surface area contributed by atoms with Crippen molar-refractivity contribution in [1.29, 1.82) is 0 Å². The van der Waals surface area contributed by atoms with E-state index >= 15 is 0 Å². The molecule has 2 atom stereocenters. The second kappa shape index (κ2) is 14.1. The SMILES string of the molecule is COCC1(NCCC[C@](C)(CCC(=O)C(C)C=O)OC)CCN(C(=O)CN(C)C(C)C)CC1. The first-order chi connectivity index (χ1) is 15.5. The largest absolute Gasteiger partial charge is 0.383 e. The predicted molar refractivity (Wildman–Crippen MR) is 130 cm³/mol. The lowest BCUT2D eigenvalue weighted by Gasteiger charge is -2.43. The van der Waals surface area contributed by atoms with E-state index in [2.05, 4.69) is 24.1 Å². The molecular weight excluding hydrogens is 422 g/mol. The van der Waals surface area contributed by atoms with Gasteiger partial charge < -0.3 is 24.5 Å². The van der Waals surface area contributed by atoms with Crippen LogP contribution in [0.1, 0.15) is 66.2 Å². The second-order valence-corrected chi connectivity index (χ2v) is 10.2. The number of amides is 1. The quantitative estimate of drug-likeness (QED) is 0.211. The van der Waals surface area contributed by atoms with Crippen molar-refractivity contribution in [2.75, 3.05) is 54.1 Å². The lowest BCUT2D eigenvalue weighted by atomic mass is 9.87. The number of carbonyl (C=O) groups excluding carboxylic acids is 3. The third kappa shape index (κ3) is 9.81. The van der Waals surface area contributed by atoms with Crippen LogP contribution in [0.4, 0.5) is 0 Å². The molecule has 0 aromatic carbocycles. The van der Waals surface area contributed by atoms with Gasteiger partial charge in [-0.2, -0.15) is 0 Å². The Morgan fingerprint density at radius 1 is 1.18 bits per heavy atom. The van der Waals surface area contributed by atoms with Crippen LogP contribution in [-0.2, 0) is 23.9 Å². The number of rotatable bonds is 16. The molecule has 8 nitrogen and oxygen atoms in total. The van der Waals surface area contributed by atoms with Crippen molar-refractivity contribution < 1.29 is 23.9 Å². The molecule has 0 saturated carbocycles. The van der Waals surface area contributed by atoms with Crippen molar-refractivity contribution in [3.05, 3.63) is 0 Å². The maximum absolute atomic E-state index is 12.6. The molecule has 33 heavy (non-hydrogen) atoms. The number of ether oxygens (including phenoxy) is 2. The molecule has 0 aromatic rings. The molecule has 1 aliphatic heterocycles. The Labute approximate surface area is 200 Å². The number of nitrogens with zero attached hydrogens (tertiary/aromatic N) is 2. The minimum Gasteiger partial charge on any atom is -0.383 e. The number of aldehydes is 1. The average molecular weight is 470 g/mol. The Hall–Kier alpha value is -1.35. The van der Waals surface area contributed by atoms with E-state index in [9.17, 15) is 14.4 Å². The Morgan fingerprint density at radius 2 is 1.82 bits per heavy atom. The molecule has 1 aliphatic rings. The summed E-state index contributed by atoms with van der Waals surface area (Å²) in [7, 11) is 5.38. The predicted octanol–water partition coefficient (Wildman–Crippen LogP) is 2.29. The summed E-state index contributed by atoms with van der Waals surface area (Å²) in [5, 5.41) is 3.70. The van der Waals surface area contributed by atoms with E-state index in [0.29, 0.717) is 38.3 Å².